The van der Waals surface area contributed by atoms with Crippen LogP contribution in [0.2, 0.25) is 10.0 Å². The lowest BCUT2D eigenvalue weighted by Crippen LogP contribution is -2.37. The SMILES string of the molecule is O=C(COc1ccc(Cl)cc1)NCC(=O)N/N=C/c1cn(Cc2ccc(Cl)cc2)c2ccccc12. The number of hydrogen-bond acceptors (Lipinski definition) is 4. The number of carbonyl (C=O) groups excluding carboxylic acids is 2. The molecule has 0 atom stereocenters. The van der Waals surface area contributed by atoms with E-state index < -0.39 is 11.8 Å². The summed E-state index contributed by atoms with van der Waals surface area (Å²) in [6, 6.07) is 22.3. The first-order valence-corrected chi connectivity index (χ1v) is 11.5. The summed E-state index contributed by atoms with van der Waals surface area (Å²) < 4.78 is 7.46. The van der Waals surface area contributed by atoms with E-state index in [1.165, 1.54) is 0 Å². The van der Waals surface area contributed by atoms with Crippen LogP contribution < -0.4 is 15.5 Å². The Kier molecular flexibility index (Phi) is 8.03. The van der Waals surface area contributed by atoms with Crippen LogP contribution in [0.3, 0.4) is 0 Å². The first kappa shape index (κ1) is 24.3. The minimum atomic E-state index is -0.453. The number of aromatic nitrogens is 1. The standard InChI is InChI=1S/C26H22Cl2N4O3/c27-20-7-5-18(6-8-20)15-32-16-19(23-3-1-2-4-24(23)32)13-30-31-25(33)14-29-26(34)17-35-22-11-9-21(28)10-12-22/h1-13,16H,14-15,17H2,(H,29,34)(H,31,33)/b30-13+. The van der Waals surface area contributed by atoms with Gasteiger partial charge in [0.1, 0.15) is 5.75 Å². The van der Waals surface area contributed by atoms with Crippen molar-refractivity contribution in [1.82, 2.24) is 15.3 Å². The molecule has 0 radical (unpaired) electrons. The smallest absolute Gasteiger partial charge is 0.259 e. The molecular formula is C26H22Cl2N4O3. The molecule has 9 heteroatoms. The Morgan fingerprint density at radius 1 is 0.914 bits per heavy atom. The molecule has 35 heavy (non-hydrogen) atoms. The van der Waals surface area contributed by atoms with Crippen LogP contribution in [0, 0.1) is 0 Å². The monoisotopic (exact) mass is 508 g/mol. The van der Waals surface area contributed by atoms with Crippen LogP contribution in [0.25, 0.3) is 10.9 Å². The molecule has 0 aliphatic carbocycles. The predicted octanol–water partition coefficient (Wildman–Crippen LogP) is 4.64. The summed E-state index contributed by atoms with van der Waals surface area (Å²) >= 11 is 11.8. The summed E-state index contributed by atoms with van der Waals surface area (Å²) in [5.74, 6) is -0.371. The topological polar surface area (TPSA) is 84.7 Å². The van der Waals surface area contributed by atoms with E-state index in [1.807, 2.05) is 54.7 Å². The number of fused-ring (bicyclic) bond motifs is 1. The van der Waals surface area contributed by atoms with Crippen LogP contribution in [-0.4, -0.2) is 35.7 Å². The lowest BCUT2D eigenvalue weighted by atomic mass is 10.2. The third-order valence-corrected chi connectivity index (χ3v) is 5.61. The number of hydrogen-bond donors (Lipinski definition) is 2. The Hall–Kier alpha value is -3.81. The second kappa shape index (κ2) is 11.6. The summed E-state index contributed by atoms with van der Waals surface area (Å²) in [4.78, 5) is 24.0. The van der Waals surface area contributed by atoms with Crippen LogP contribution in [0.5, 0.6) is 5.75 Å². The molecule has 7 nitrogen and oxygen atoms in total. The van der Waals surface area contributed by atoms with Crippen molar-refractivity contribution in [3.8, 4) is 5.75 Å². The number of para-hydroxylation sites is 1. The average Bonchev–Trinajstić information content (AvgIpc) is 3.21. The number of rotatable bonds is 9. The zero-order valence-electron chi connectivity index (χ0n) is 18.6. The molecule has 0 spiro atoms. The van der Waals surface area contributed by atoms with Gasteiger partial charge >= 0.3 is 0 Å². The lowest BCUT2D eigenvalue weighted by Gasteiger charge is -2.06. The quantitative estimate of drug-likeness (QED) is 0.255. The number of carbonyl (C=O) groups is 2. The zero-order valence-corrected chi connectivity index (χ0v) is 20.1. The van der Waals surface area contributed by atoms with Gasteiger partial charge in [-0.05, 0) is 48.0 Å². The molecule has 0 unspecified atom stereocenters. The molecule has 0 fully saturated rings. The minimum Gasteiger partial charge on any atom is -0.484 e. The molecule has 2 N–H and O–H groups in total. The third-order valence-electron chi connectivity index (χ3n) is 5.11. The van der Waals surface area contributed by atoms with Gasteiger partial charge in [-0.2, -0.15) is 5.10 Å². The van der Waals surface area contributed by atoms with Crippen molar-refractivity contribution in [3.63, 3.8) is 0 Å². The van der Waals surface area contributed by atoms with E-state index in [1.54, 1.807) is 30.5 Å². The van der Waals surface area contributed by atoms with Gasteiger partial charge in [0.05, 0.1) is 12.8 Å². The van der Waals surface area contributed by atoms with E-state index >= 15 is 0 Å². The molecule has 2 amide bonds. The van der Waals surface area contributed by atoms with E-state index in [-0.39, 0.29) is 13.2 Å². The molecule has 1 heterocycles. The van der Waals surface area contributed by atoms with Crippen molar-refractivity contribution in [3.05, 3.63) is 100 Å². The molecule has 4 rings (SSSR count). The lowest BCUT2D eigenvalue weighted by molar-refractivity contribution is -0.127. The van der Waals surface area contributed by atoms with Crippen LogP contribution in [-0.2, 0) is 16.1 Å². The van der Waals surface area contributed by atoms with Gasteiger partial charge in [-0.25, -0.2) is 5.43 Å². The molecule has 0 bridgehead atoms. The highest BCUT2D eigenvalue weighted by Crippen LogP contribution is 2.22. The van der Waals surface area contributed by atoms with E-state index in [4.69, 9.17) is 27.9 Å². The van der Waals surface area contributed by atoms with Gasteiger partial charge in [0.25, 0.3) is 11.8 Å². The maximum absolute atomic E-state index is 12.1. The van der Waals surface area contributed by atoms with Gasteiger partial charge in [0, 0.05) is 39.3 Å². The number of nitrogens with one attached hydrogen (secondary N) is 2. The summed E-state index contributed by atoms with van der Waals surface area (Å²) in [5, 5.41) is 8.82. The molecule has 0 saturated heterocycles. The normalized spacial score (nSPS) is 11.0. The Morgan fingerprint density at radius 2 is 1.60 bits per heavy atom. The molecule has 3 aromatic carbocycles. The predicted molar refractivity (Wildman–Crippen MR) is 138 cm³/mol. The largest absolute Gasteiger partial charge is 0.484 e. The second-order valence-corrected chi connectivity index (χ2v) is 8.54. The summed E-state index contributed by atoms with van der Waals surface area (Å²) in [6.07, 6.45) is 3.56. The fourth-order valence-corrected chi connectivity index (χ4v) is 3.67. The Labute approximate surface area is 212 Å². The van der Waals surface area contributed by atoms with Crippen LogP contribution >= 0.6 is 23.2 Å². The molecular weight excluding hydrogens is 487 g/mol. The van der Waals surface area contributed by atoms with E-state index in [0.29, 0.717) is 22.3 Å². The van der Waals surface area contributed by atoms with Crippen molar-refractivity contribution in [2.24, 2.45) is 5.10 Å². The van der Waals surface area contributed by atoms with Crippen molar-refractivity contribution >= 4 is 52.1 Å². The van der Waals surface area contributed by atoms with Gasteiger partial charge in [0.15, 0.2) is 6.61 Å². The first-order valence-electron chi connectivity index (χ1n) is 10.8. The number of benzene rings is 3. The number of nitrogens with zero attached hydrogens (tertiary/aromatic N) is 2. The highest BCUT2D eigenvalue weighted by atomic mass is 35.5. The zero-order chi connectivity index (χ0) is 24.6. The summed E-state index contributed by atoms with van der Waals surface area (Å²) in [6.45, 7) is 0.228. The highest BCUT2D eigenvalue weighted by Gasteiger charge is 2.09. The minimum absolute atomic E-state index is 0.217. The maximum Gasteiger partial charge on any atom is 0.259 e. The number of hydrazone groups is 1. The van der Waals surface area contributed by atoms with Crippen LogP contribution in [0.15, 0.2) is 84.1 Å². The maximum atomic E-state index is 12.1. The molecule has 4 aromatic rings. The Balaban J connectivity index is 1.30. The van der Waals surface area contributed by atoms with Gasteiger partial charge in [-0.1, -0.05) is 53.5 Å². The van der Waals surface area contributed by atoms with Crippen LogP contribution in [0.4, 0.5) is 0 Å². The molecule has 0 saturated carbocycles. The first-order chi connectivity index (χ1) is 17.0. The number of amides is 2. The van der Waals surface area contributed by atoms with E-state index in [2.05, 4.69) is 20.4 Å². The fraction of sp³-hybridized carbons (Fsp3) is 0.115. The second-order valence-electron chi connectivity index (χ2n) is 7.67. The van der Waals surface area contributed by atoms with Crippen molar-refractivity contribution < 1.29 is 14.3 Å². The Bertz CT molecular complexity index is 1350. The highest BCUT2D eigenvalue weighted by molar-refractivity contribution is 6.30. The fourth-order valence-electron chi connectivity index (χ4n) is 3.42. The van der Waals surface area contributed by atoms with Gasteiger partial charge < -0.3 is 14.6 Å². The van der Waals surface area contributed by atoms with Gasteiger partial charge in [-0.15, -0.1) is 0 Å². The molecule has 0 aliphatic heterocycles. The number of ether oxygens (including phenoxy) is 1. The summed E-state index contributed by atoms with van der Waals surface area (Å²) in [5.41, 5.74) is 5.45. The summed E-state index contributed by atoms with van der Waals surface area (Å²) in [7, 11) is 0. The molecule has 1 aromatic heterocycles. The third kappa shape index (κ3) is 6.85. The van der Waals surface area contributed by atoms with Crippen LogP contribution in [0.1, 0.15) is 11.1 Å². The van der Waals surface area contributed by atoms with E-state index in [9.17, 15) is 9.59 Å². The molecule has 0 aliphatic rings. The Morgan fingerprint density at radius 3 is 2.34 bits per heavy atom. The van der Waals surface area contributed by atoms with Gasteiger partial charge in [-0.3, -0.25) is 9.59 Å². The average molecular weight is 509 g/mol. The van der Waals surface area contributed by atoms with Crippen molar-refractivity contribution in [2.45, 2.75) is 6.54 Å². The molecule has 178 valence electrons. The van der Waals surface area contributed by atoms with Crippen molar-refractivity contribution in [1.29, 1.82) is 0 Å². The van der Waals surface area contributed by atoms with Gasteiger partial charge in [0.2, 0.25) is 0 Å². The van der Waals surface area contributed by atoms with E-state index in [0.717, 1.165) is 22.0 Å². The van der Waals surface area contributed by atoms with Crippen molar-refractivity contribution in [2.75, 3.05) is 13.2 Å². The number of halogens is 2.